The summed E-state index contributed by atoms with van der Waals surface area (Å²) >= 11 is 0. The fraction of sp³-hybridized carbons (Fsp3) is 0.273. The summed E-state index contributed by atoms with van der Waals surface area (Å²) in [5, 5.41) is 7.18. The van der Waals surface area contributed by atoms with E-state index in [1.165, 1.54) is 11.6 Å². The number of rotatable bonds is 5. The van der Waals surface area contributed by atoms with Crippen LogP contribution < -0.4 is 15.5 Å². The van der Waals surface area contributed by atoms with E-state index in [4.69, 9.17) is 0 Å². The molecule has 6 nitrogen and oxygen atoms in total. The van der Waals surface area contributed by atoms with Crippen molar-refractivity contribution in [2.24, 2.45) is 4.99 Å². The highest BCUT2D eigenvalue weighted by Crippen LogP contribution is 2.27. The first kappa shape index (κ1) is 22.1. The number of halogens is 2. The Morgan fingerprint density at radius 1 is 1.23 bits per heavy atom. The normalized spacial score (nSPS) is 13.1. The highest BCUT2D eigenvalue weighted by Gasteiger charge is 2.23. The summed E-state index contributed by atoms with van der Waals surface area (Å²) in [6, 6.07) is 12.7. The summed E-state index contributed by atoms with van der Waals surface area (Å²) in [6.45, 7) is 1.50. The third kappa shape index (κ3) is 4.75. The monoisotopic (exact) mass is 521 g/mol. The lowest BCUT2D eigenvalue weighted by Crippen LogP contribution is -2.44. The van der Waals surface area contributed by atoms with E-state index in [2.05, 4.69) is 26.7 Å². The van der Waals surface area contributed by atoms with Crippen molar-refractivity contribution in [3.8, 4) is 0 Å². The summed E-state index contributed by atoms with van der Waals surface area (Å²) in [5.74, 6) is 0.340. The van der Waals surface area contributed by atoms with Gasteiger partial charge in [-0.15, -0.1) is 24.0 Å². The maximum absolute atomic E-state index is 13.5. The molecule has 0 aliphatic carbocycles. The van der Waals surface area contributed by atoms with Gasteiger partial charge in [0.2, 0.25) is 5.91 Å². The number of hydrogen-bond donors (Lipinski definition) is 3. The van der Waals surface area contributed by atoms with Gasteiger partial charge in [-0.25, -0.2) is 4.39 Å². The maximum atomic E-state index is 13.5. The molecular formula is C22H25FIN5O. The van der Waals surface area contributed by atoms with Gasteiger partial charge in [-0.1, -0.05) is 18.2 Å². The second-order valence-corrected chi connectivity index (χ2v) is 7.03. The Labute approximate surface area is 192 Å². The van der Waals surface area contributed by atoms with E-state index in [9.17, 15) is 9.18 Å². The Kier molecular flexibility index (Phi) is 7.30. The van der Waals surface area contributed by atoms with Crippen LogP contribution in [0.1, 0.15) is 11.1 Å². The number of carbonyl (C=O) groups is 1. The first-order valence-electron chi connectivity index (χ1n) is 9.74. The van der Waals surface area contributed by atoms with Crippen molar-refractivity contribution in [2.45, 2.75) is 12.8 Å². The Balaban J connectivity index is 0.00000256. The van der Waals surface area contributed by atoms with Crippen molar-refractivity contribution < 1.29 is 9.18 Å². The van der Waals surface area contributed by atoms with Gasteiger partial charge in [0.15, 0.2) is 5.96 Å². The second-order valence-electron chi connectivity index (χ2n) is 7.03. The van der Waals surface area contributed by atoms with Crippen LogP contribution in [0.3, 0.4) is 0 Å². The Morgan fingerprint density at radius 3 is 2.90 bits per heavy atom. The smallest absolute Gasteiger partial charge is 0.246 e. The first-order valence-corrected chi connectivity index (χ1v) is 9.74. The van der Waals surface area contributed by atoms with Gasteiger partial charge in [-0.2, -0.15) is 0 Å². The van der Waals surface area contributed by atoms with E-state index in [0.29, 0.717) is 25.5 Å². The van der Waals surface area contributed by atoms with Crippen LogP contribution in [-0.2, 0) is 17.6 Å². The summed E-state index contributed by atoms with van der Waals surface area (Å²) in [5.41, 5.74) is 4.15. The van der Waals surface area contributed by atoms with Crippen LogP contribution in [0.25, 0.3) is 10.9 Å². The van der Waals surface area contributed by atoms with Crippen molar-refractivity contribution in [3.63, 3.8) is 0 Å². The highest BCUT2D eigenvalue weighted by atomic mass is 127. The Bertz CT molecular complexity index is 1060. The zero-order valence-corrected chi connectivity index (χ0v) is 19.1. The van der Waals surface area contributed by atoms with Gasteiger partial charge >= 0.3 is 0 Å². The molecule has 30 heavy (non-hydrogen) atoms. The third-order valence-corrected chi connectivity index (χ3v) is 5.24. The number of H-pyrrole nitrogens is 1. The number of benzene rings is 2. The number of aromatic nitrogens is 1. The van der Waals surface area contributed by atoms with E-state index in [0.717, 1.165) is 28.6 Å². The van der Waals surface area contributed by atoms with Crippen LogP contribution in [0, 0.1) is 5.82 Å². The van der Waals surface area contributed by atoms with E-state index in [1.807, 2.05) is 29.3 Å². The van der Waals surface area contributed by atoms with Crippen LogP contribution in [-0.4, -0.2) is 43.5 Å². The van der Waals surface area contributed by atoms with Gasteiger partial charge in [0, 0.05) is 42.9 Å². The molecule has 0 saturated carbocycles. The lowest BCUT2D eigenvalue weighted by Gasteiger charge is -2.18. The number of anilines is 1. The largest absolute Gasteiger partial charge is 0.361 e. The summed E-state index contributed by atoms with van der Waals surface area (Å²) < 4.78 is 13.5. The molecule has 0 bridgehead atoms. The number of aromatic amines is 1. The molecular weight excluding hydrogens is 496 g/mol. The molecule has 0 atom stereocenters. The van der Waals surface area contributed by atoms with Gasteiger partial charge in [0.1, 0.15) is 5.82 Å². The van der Waals surface area contributed by atoms with Crippen LogP contribution in [0.15, 0.2) is 53.7 Å². The molecule has 1 aliphatic heterocycles. The van der Waals surface area contributed by atoms with Crippen LogP contribution in [0.4, 0.5) is 10.1 Å². The fourth-order valence-corrected chi connectivity index (χ4v) is 3.75. The summed E-state index contributed by atoms with van der Waals surface area (Å²) in [4.78, 5) is 21.8. The van der Waals surface area contributed by atoms with Gasteiger partial charge in [0.05, 0.1) is 6.54 Å². The van der Waals surface area contributed by atoms with Gasteiger partial charge in [0.25, 0.3) is 0 Å². The van der Waals surface area contributed by atoms with E-state index in [1.54, 1.807) is 19.2 Å². The Hall–Kier alpha value is -2.62. The molecule has 158 valence electrons. The zero-order chi connectivity index (χ0) is 20.2. The zero-order valence-electron chi connectivity index (χ0n) is 16.7. The average molecular weight is 521 g/mol. The summed E-state index contributed by atoms with van der Waals surface area (Å²) in [6.07, 6.45) is 3.49. The molecule has 4 rings (SSSR count). The lowest BCUT2D eigenvalue weighted by atomic mass is 10.1. The number of fused-ring (bicyclic) bond motifs is 2. The minimum Gasteiger partial charge on any atom is -0.361 e. The molecule has 2 heterocycles. The molecule has 0 radical (unpaired) electrons. The highest BCUT2D eigenvalue weighted by molar-refractivity contribution is 14.0. The van der Waals surface area contributed by atoms with Gasteiger partial charge < -0.3 is 20.5 Å². The maximum Gasteiger partial charge on any atom is 0.246 e. The predicted octanol–water partition coefficient (Wildman–Crippen LogP) is 3.22. The molecule has 0 spiro atoms. The lowest BCUT2D eigenvalue weighted by molar-refractivity contribution is -0.117. The fourth-order valence-electron chi connectivity index (χ4n) is 3.75. The van der Waals surface area contributed by atoms with Crippen molar-refractivity contribution in [3.05, 3.63) is 65.6 Å². The van der Waals surface area contributed by atoms with Crippen LogP contribution >= 0.6 is 24.0 Å². The number of amides is 1. The van der Waals surface area contributed by atoms with E-state index < -0.39 is 0 Å². The molecule has 2 aromatic carbocycles. The summed E-state index contributed by atoms with van der Waals surface area (Å²) in [7, 11) is 1.67. The quantitative estimate of drug-likeness (QED) is 0.275. The molecule has 0 fully saturated rings. The van der Waals surface area contributed by atoms with Crippen LogP contribution in [0.2, 0.25) is 0 Å². The molecule has 8 heteroatoms. The van der Waals surface area contributed by atoms with Crippen molar-refractivity contribution in [1.29, 1.82) is 0 Å². The number of nitrogens with one attached hydrogen (secondary N) is 3. The second kappa shape index (κ2) is 9.92. The topological polar surface area (TPSA) is 72.5 Å². The predicted molar refractivity (Wildman–Crippen MR) is 129 cm³/mol. The van der Waals surface area contributed by atoms with Crippen molar-refractivity contribution in [1.82, 2.24) is 15.6 Å². The van der Waals surface area contributed by atoms with E-state index in [-0.39, 0.29) is 42.2 Å². The minimum atomic E-state index is -0.245. The first-order chi connectivity index (χ1) is 14.2. The molecule has 3 aromatic rings. The number of hydrogen-bond acceptors (Lipinski definition) is 2. The molecule has 0 saturated heterocycles. The van der Waals surface area contributed by atoms with E-state index >= 15 is 0 Å². The molecule has 1 aliphatic rings. The van der Waals surface area contributed by atoms with Gasteiger partial charge in [-0.05, 0) is 48.2 Å². The third-order valence-electron chi connectivity index (χ3n) is 5.24. The molecule has 0 unspecified atom stereocenters. The van der Waals surface area contributed by atoms with Gasteiger partial charge in [-0.3, -0.25) is 9.79 Å². The number of nitrogens with zero attached hydrogens (tertiary/aromatic N) is 2. The van der Waals surface area contributed by atoms with Crippen LogP contribution in [0.5, 0.6) is 0 Å². The number of aliphatic imine (C=N–C) groups is 1. The Morgan fingerprint density at radius 2 is 2.07 bits per heavy atom. The average Bonchev–Trinajstić information content (AvgIpc) is 3.34. The van der Waals surface area contributed by atoms with Crippen molar-refractivity contribution in [2.75, 3.05) is 31.6 Å². The van der Waals surface area contributed by atoms with Crippen molar-refractivity contribution >= 4 is 52.4 Å². The number of para-hydroxylation sites is 1. The molecule has 1 aromatic heterocycles. The number of guanidine groups is 1. The molecule has 1 amide bonds. The minimum absolute atomic E-state index is 0. The number of carbonyl (C=O) groups excluding carboxylic acids is 1. The standard InChI is InChI=1S/C22H24FN5O.HI/c1-24-22(25-10-8-16-13-26-19-7-6-17(23)12-18(16)19)27-14-21(29)28-11-9-15-4-2-3-5-20(15)28;/h2-7,12-13,26H,8-11,14H2,1H3,(H2,24,25,27);1H. The molecule has 3 N–H and O–H groups in total. The SMILES string of the molecule is CN=C(NCCc1c[nH]c2ccc(F)cc12)NCC(=O)N1CCc2ccccc21.I.